The molecular weight excluding hydrogens is 546 g/mol. The Morgan fingerprint density at radius 2 is 1.74 bits per heavy atom. The number of aromatic nitrogens is 7. The van der Waals surface area contributed by atoms with E-state index in [1.807, 2.05) is 0 Å². The first-order valence-corrected chi connectivity index (χ1v) is 11.0. The number of alkyl halides is 6. The lowest BCUT2D eigenvalue weighted by molar-refractivity contribution is -0.207. The molecule has 3 aromatic heterocycles. The van der Waals surface area contributed by atoms with Crippen LogP contribution < -0.4 is 11.0 Å². The summed E-state index contributed by atoms with van der Waals surface area (Å²) in [6.45, 7) is -2.86. The molecule has 3 heterocycles. The van der Waals surface area contributed by atoms with Crippen LogP contribution in [0.5, 0.6) is 0 Å². The molecule has 0 saturated carbocycles. The van der Waals surface area contributed by atoms with E-state index < -0.39 is 43.8 Å². The Hall–Kier alpha value is -3.92. The van der Waals surface area contributed by atoms with E-state index in [1.165, 1.54) is 48.9 Å². The zero-order valence-electron chi connectivity index (χ0n) is 18.9. The van der Waals surface area contributed by atoms with Crippen LogP contribution in [0.1, 0.15) is 5.82 Å². The van der Waals surface area contributed by atoms with E-state index in [-0.39, 0.29) is 28.7 Å². The van der Waals surface area contributed by atoms with Gasteiger partial charge in [0.1, 0.15) is 25.1 Å². The molecule has 38 heavy (non-hydrogen) atoms. The second kappa shape index (κ2) is 10.4. The van der Waals surface area contributed by atoms with Gasteiger partial charge in [-0.25, -0.2) is 24.1 Å². The molecule has 0 aliphatic rings. The Labute approximate surface area is 214 Å². The third-order valence-corrected chi connectivity index (χ3v) is 5.33. The number of hydrogen-bond acceptors (Lipinski definition) is 7. The molecule has 202 valence electrons. The number of hydrogen-bond donors (Lipinski definition) is 2. The van der Waals surface area contributed by atoms with Gasteiger partial charge in [-0.05, 0) is 36.4 Å². The van der Waals surface area contributed by atoms with Crippen LogP contribution >= 0.6 is 11.6 Å². The lowest BCUT2D eigenvalue weighted by Gasteiger charge is -2.15. The summed E-state index contributed by atoms with van der Waals surface area (Å²) in [5, 5.41) is 20.3. The van der Waals surface area contributed by atoms with Gasteiger partial charge in [0, 0.05) is 16.8 Å². The molecule has 0 bridgehead atoms. The van der Waals surface area contributed by atoms with Crippen molar-refractivity contribution in [3.8, 4) is 17.1 Å². The predicted octanol–water partition coefficient (Wildman–Crippen LogP) is 3.29. The van der Waals surface area contributed by atoms with Gasteiger partial charge >= 0.3 is 18.0 Å². The summed E-state index contributed by atoms with van der Waals surface area (Å²) in [5.41, 5.74) is -0.596. The van der Waals surface area contributed by atoms with Gasteiger partial charge in [0.2, 0.25) is 0 Å². The second-order valence-electron chi connectivity index (χ2n) is 7.88. The van der Waals surface area contributed by atoms with Gasteiger partial charge in [-0.2, -0.15) is 26.3 Å². The fourth-order valence-electron chi connectivity index (χ4n) is 3.32. The highest BCUT2D eigenvalue weighted by Gasteiger charge is 2.39. The average molecular weight is 563 g/mol. The fraction of sp³-hybridized carbons (Fsp3) is 0.286. The van der Waals surface area contributed by atoms with Crippen LogP contribution in [-0.4, -0.2) is 64.2 Å². The molecule has 1 aromatic carbocycles. The van der Waals surface area contributed by atoms with Crippen LogP contribution in [0.25, 0.3) is 17.1 Å². The molecule has 0 saturated heterocycles. The molecule has 0 aliphatic carbocycles. The van der Waals surface area contributed by atoms with E-state index in [0.717, 1.165) is 9.36 Å². The first kappa shape index (κ1) is 27.1. The van der Waals surface area contributed by atoms with E-state index in [9.17, 15) is 36.2 Å². The van der Waals surface area contributed by atoms with Crippen LogP contribution in [-0.2, 0) is 13.1 Å². The third-order valence-electron chi connectivity index (χ3n) is 5.08. The summed E-state index contributed by atoms with van der Waals surface area (Å²) in [4.78, 5) is 20.9. The minimum absolute atomic E-state index is 0.0265. The number of aliphatic hydroxyl groups is 1. The fourth-order valence-corrected chi connectivity index (χ4v) is 3.45. The maximum absolute atomic E-state index is 13.0. The number of nitrogens with zero attached hydrogens (tertiary/aromatic N) is 7. The minimum Gasteiger partial charge on any atom is -0.382 e. The predicted molar refractivity (Wildman–Crippen MR) is 122 cm³/mol. The average Bonchev–Trinajstić information content (AvgIpc) is 3.43. The molecule has 0 aliphatic heterocycles. The highest BCUT2D eigenvalue weighted by atomic mass is 35.5. The normalized spacial score (nSPS) is 13.1. The van der Waals surface area contributed by atoms with Gasteiger partial charge in [-0.1, -0.05) is 11.6 Å². The van der Waals surface area contributed by atoms with E-state index in [2.05, 4.69) is 25.5 Å². The SMILES string of the molecule is O=c1n(Cc2ncn(-c3cccnc3NCC(F)(F)F)n2)nc(-c2ccc(Cl)cc2)n1C[C@H](O)C(F)(F)F. The summed E-state index contributed by atoms with van der Waals surface area (Å²) in [5.74, 6) is -0.324. The summed E-state index contributed by atoms with van der Waals surface area (Å²) < 4.78 is 79.5. The quantitative estimate of drug-likeness (QED) is 0.317. The van der Waals surface area contributed by atoms with Crippen molar-refractivity contribution in [3.63, 3.8) is 0 Å². The van der Waals surface area contributed by atoms with E-state index in [0.29, 0.717) is 9.59 Å². The van der Waals surface area contributed by atoms with Gasteiger partial charge in [0.05, 0.1) is 6.54 Å². The van der Waals surface area contributed by atoms with Crippen molar-refractivity contribution in [2.24, 2.45) is 0 Å². The molecule has 17 heteroatoms. The first-order valence-electron chi connectivity index (χ1n) is 10.7. The molecule has 4 rings (SSSR count). The Bertz CT molecular complexity index is 1460. The smallest absolute Gasteiger partial charge is 0.382 e. The number of halogens is 7. The van der Waals surface area contributed by atoms with Crippen molar-refractivity contribution in [1.29, 1.82) is 0 Å². The highest BCUT2D eigenvalue weighted by Crippen LogP contribution is 2.24. The minimum atomic E-state index is -4.99. The lowest BCUT2D eigenvalue weighted by atomic mass is 10.2. The Balaban J connectivity index is 1.65. The molecule has 0 fully saturated rings. The second-order valence-corrected chi connectivity index (χ2v) is 8.32. The Morgan fingerprint density at radius 3 is 2.39 bits per heavy atom. The van der Waals surface area contributed by atoms with Crippen molar-refractivity contribution >= 4 is 17.4 Å². The van der Waals surface area contributed by atoms with Gasteiger partial charge in [0.15, 0.2) is 23.6 Å². The van der Waals surface area contributed by atoms with Crippen LogP contribution in [0.3, 0.4) is 0 Å². The van der Waals surface area contributed by atoms with E-state index in [1.54, 1.807) is 0 Å². The largest absolute Gasteiger partial charge is 0.416 e. The van der Waals surface area contributed by atoms with E-state index in [4.69, 9.17) is 11.6 Å². The van der Waals surface area contributed by atoms with Crippen molar-refractivity contribution in [1.82, 2.24) is 34.1 Å². The van der Waals surface area contributed by atoms with Crippen molar-refractivity contribution in [2.75, 3.05) is 11.9 Å². The van der Waals surface area contributed by atoms with Crippen molar-refractivity contribution in [3.05, 3.63) is 70.3 Å². The first-order chi connectivity index (χ1) is 17.8. The molecule has 0 amide bonds. The summed E-state index contributed by atoms with van der Waals surface area (Å²) in [7, 11) is 0. The standard InChI is InChI=1S/C21H17ClF6N8O2/c22-13-5-3-12(4-6-13)18-33-35(19(38)34(18)8-15(37)21(26,27)28)9-16-31-11-36(32-16)14-2-1-7-29-17(14)30-10-20(23,24)25/h1-7,11,15,37H,8-10H2,(H,29,30)/t15-/m0/s1. The number of nitrogens with one attached hydrogen (secondary N) is 1. The monoisotopic (exact) mass is 562 g/mol. The summed E-state index contributed by atoms with van der Waals surface area (Å²) in [6, 6.07) is 8.68. The number of benzene rings is 1. The third kappa shape index (κ3) is 6.31. The number of anilines is 1. The molecule has 10 nitrogen and oxygen atoms in total. The van der Waals surface area contributed by atoms with Crippen LogP contribution in [0, 0.1) is 0 Å². The number of pyridine rings is 1. The van der Waals surface area contributed by atoms with Gasteiger partial charge in [-0.15, -0.1) is 10.2 Å². The zero-order chi connectivity index (χ0) is 27.7. The van der Waals surface area contributed by atoms with Gasteiger partial charge in [-0.3, -0.25) is 4.57 Å². The van der Waals surface area contributed by atoms with Gasteiger partial charge in [0.25, 0.3) is 0 Å². The van der Waals surface area contributed by atoms with Crippen LogP contribution in [0.15, 0.2) is 53.7 Å². The van der Waals surface area contributed by atoms with Crippen LogP contribution in [0.2, 0.25) is 5.02 Å². The molecule has 2 N–H and O–H groups in total. The highest BCUT2D eigenvalue weighted by molar-refractivity contribution is 6.30. The molecule has 0 radical (unpaired) electrons. The summed E-state index contributed by atoms with van der Waals surface area (Å²) in [6.07, 6.45) is -9.88. The lowest BCUT2D eigenvalue weighted by Crippen LogP contribution is -2.37. The van der Waals surface area contributed by atoms with E-state index >= 15 is 0 Å². The van der Waals surface area contributed by atoms with Crippen molar-refractivity contribution < 1.29 is 31.4 Å². The number of rotatable bonds is 8. The maximum Gasteiger partial charge on any atom is 0.416 e. The molecule has 0 unspecified atom stereocenters. The molecule has 4 aromatic rings. The van der Waals surface area contributed by atoms with Crippen LogP contribution in [0.4, 0.5) is 32.2 Å². The molecule has 1 atom stereocenters. The van der Waals surface area contributed by atoms with Crippen molar-refractivity contribution in [2.45, 2.75) is 31.5 Å². The Kier molecular flexibility index (Phi) is 7.46. The summed E-state index contributed by atoms with van der Waals surface area (Å²) >= 11 is 5.87. The zero-order valence-corrected chi connectivity index (χ0v) is 19.7. The Morgan fingerprint density at radius 1 is 1.03 bits per heavy atom. The number of aliphatic hydroxyl groups excluding tert-OH is 1. The molecular formula is C21H17ClF6N8O2. The maximum atomic E-state index is 13.0. The van der Waals surface area contributed by atoms with Gasteiger partial charge < -0.3 is 10.4 Å². The topological polar surface area (TPSA) is 116 Å². The molecule has 0 spiro atoms.